The molecular weight excluding hydrogens is 240 g/mol. The molecule has 0 amide bonds. The highest BCUT2D eigenvalue weighted by Gasteiger charge is 2.59. The summed E-state index contributed by atoms with van der Waals surface area (Å²) in [6.07, 6.45) is 5.95. The van der Waals surface area contributed by atoms with Crippen molar-refractivity contribution in [1.29, 1.82) is 0 Å². The van der Waals surface area contributed by atoms with Crippen molar-refractivity contribution in [2.45, 2.75) is 64.6 Å². The van der Waals surface area contributed by atoms with Gasteiger partial charge in [0.15, 0.2) is 8.32 Å². The van der Waals surface area contributed by atoms with Crippen molar-refractivity contribution in [3.63, 3.8) is 0 Å². The zero-order chi connectivity index (χ0) is 13.6. The van der Waals surface area contributed by atoms with Crippen LogP contribution in [0.4, 0.5) is 0 Å². The number of carbonyl (C=O) groups is 1. The van der Waals surface area contributed by atoms with Crippen LogP contribution in [0.5, 0.6) is 0 Å². The summed E-state index contributed by atoms with van der Waals surface area (Å²) >= 11 is 0. The van der Waals surface area contributed by atoms with E-state index in [9.17, 15) is 4.79 Å². The van der Waals surface area contributed by atoms with Gasteiger partial charge >= 0.3 is 0 Å². The Hall–Kier alpha value is -0.153. The maximum atomic E-state index is 11.2. The lowest BCUT2D eigenvalue weighted by atomic mass is 9.83. The van der Waals surface area contributed by atoms with Gasteiger partial charge in [0.2, 0.25) is 0 Å². The number of hydrogen-bond acceptors (Lipinski definition) is 2. The molecule has 0 heterocycles. The molecule has 0 spiro atoms. The van der Waals surface area contributed by atoms with Crippen LogP contribution in [0.3, 0.4) is 0 Å². The smallest absolute Gasteiger partial charge is 0.191 e. The molecule has 0 saturated heterocycles. The van der Waals surface area contributed by atoms with Gasteiger partial charge in [-0.1, -0.05) is 27.2 Å². The summed E-state index contributed by atoms with van der Waals surface area (Å²) in [5.41, 5.74) is 0.0692. The lowest BCUT2D eigenvalue weighted by Gasteiger charge is -2.38. The third kappa shape index (κ3) is 2.44. The quantitative estimate of drug-likeness (QED) is 0.569. The van der Waals surface area contributed by atoms with Gasteiger partial charge in [-0.05, 0) is 49.2 Å². The molecule has 2 saturated carbocycles. The molecular formula is C15H28O2Si. The predicted octanol–water partition coefficient (Wildman–Crippen LogP) is 4.01. The van der Waals surface area contributed by atoms with E-state index in [-0.39, 0.29) is 10.5 Å². The van der Waals surface area contributed by atoms with Crippen LogP contribution in [0.1, 0.15) is 46.5 Å². The molecule has 104 valence electrons. The third-order valence-corrected chi connectivity index (χ3v) is 10.2. The molecule has 3 atom stereocenters. The van der Waals surface area contributed by atoms with Crippen molar-refractivity contribution < 1.29 is 9.22 Å². The molecule has 0 aromatic heterocycles. The zero-order valence-corrected chi connectivity index (χ0v) is 13.6. The first-order valence-corrected chi connectivity index (χ1v) is 10.2. The maximum Gasteiger partial charge on any atom is 0.191 e. The molecule has 0 aromatic rings. The average molecular weight is 268 g/mol. The zero-order valence-electron chi connectivity index (χ0n) is 12.6. The van der Waals surface area contributed by atoms with E-state index < -0.39 is 8.32 Å². The minimum atomic E-state index is -1.62. The van der Waals surface area contributed by atoms with Gasteiger partial charge < -0.3 is 9.22 Å². The van der Waals surface area contributed by atoms with Gasteiger partial charge in [0.25, 0.3) is 0 Å². The first-order chi connectivity index (χ1) is 8.22. The van der Waals surface area contributed by atoms with Crippen molar-refractivity contribution in [2.75, 3.05) is 6.61 Å². The molecule has 0 aromatic carbocycles. The van der Waals surface area contributed by atoms with Gasteiger partial charge in [0.05, 0.1) is 0 Å². The van der Waals surface area contributed by atoms with Gasteiger partial charge in [-0.15, -0.1) is 0 Å². The van der Waals surface area contributed by atoms with Crippen LogP contribution in [-0.2, 0) is 9.22 Å². The fourth-order valence-electron chi connectivity index (χ4n) is 3.09. The van der Waals surface area contributed by atoms with Crippen LogP contribution < -0.4 is 0 Å². The number of carbonyl (C=O) groups excluding carboxylic acids is 1. The molecule has 2 aliphatic carbocycles. The van der Waals surface area contributed by atoms with Crippen molar-refractivity contribution in [1.82, 2.24) is 0 Å². The van der Waals surface area contributed by atoms with Gasteiger partial charge in [-0.2, -0.15) is 0 Å². The minimum Gasteiger partial charge on any atom is -0.417 e. The van der Waals surface area contributed by atoms with E-state index >= 15 is 0 Å². The highest BCUT2D eigenvalue weighted by Crippen LogP contribution is 2.62. The third-order valence-electron chi connectivity index (χ3n) is 5.66. The van der Waals surface area contributed by atoms with E-state index in [0.29, 0.717) is 11.8 Å². The molecule has 2 aliphatic rings. The maximum absolute atomic E-state index is 11.2. The Morgan fingerprint density at radius 2 is 2.06 bits per heavy atom. The fourth-order valence-corrected chi connectivity index (χ4v) is 4.16. The molecule has 0 radical (unpaired) electrons. The van der Waals surface area contributed by atoms with E-state index in [2.05, 4.69) is 33.9 Å². The van der Waals surface area contributed by atoms with Gasteiger partial charge in [-0.3, -0.25) is 0 Å². The second kappa shape index (κ2) is 4.45. The Kier molecular flexibility index (Phi) is 3.52. The summed E-state index contributed by atoms with van der Waals surface area (Å²) in [6, 6.07) is 0. The summed E-state index contributed by atoms with van der Waals surface area (Å²) in [4.78, 5) is 11.2. The minimum absolute atomic E-state index is 0.0692. The van der Waals surface area contributed by atoms with E-state index in [1.165, 1.54) is 19.1 Å². The number of fused-ring (bicyclic) bond motifs is 1. The number of hydrogen-bond donors (Lipinski definition) is 0. The van der Waals surface area contributed by atoms with E-state index in [1.807, 2.05) is 0 Å². The van der Waals surface area contributed by atoms with E-state index in [1.54, 1.807) is 0 Å². The fraction of sp³-hybridized carbons (Fsp3) is 0.933. The standard InChI is InChI=1S/C15H28O2Si/c1-14(2,3)18(4,5)17-10-12-7-6-8-15(11-16)9-13(12)15/h11-13H,6-10H2,1-5H3. The Labute approximate surface area is 113 Å². The monoisotopic (exact) mass is 268 g/mol. The lowest BCUT2D eigenvalue weighted by molar-refractivity contribution is -0.113. The highest BCUT2D eigenvalue weighted by molar-refractivity contribution is 6.74. The molecule has 0 aliphatic heterocycles. The topological polar surface area (TPSA) is 26.3 Å². The van der Waals surface area contributed by atoms with E-state index in [4.69, 9.17) is 4.43 Å². The lowest BCUT2D eigenvalue weighted by Crippen LogP contribution is -2.42. The molecule has 3 heteroatoms. The Balaban J connectivity index is 1.90. The molecule has 2 rings (SSSR count). The van der Waals surface area contributed by atoms with Gasteiger partial charge in [0.1, 0.15) is 6.29 Å². The Morgan fingerprint density at radius 1 is 1.39 bits per heavy atom. The van der Waals surface area contributed by atoms with Crippen molar-refractivity contribution in [2.24, 2.45) is 17.3 Å². The van der Waals surface area contributed by atoms with Crippen molar-refractivity contribution in [3.8, 4) is 0 Å². The number of rotatable bonds is 4. The summed E-state index contributed by atoms with van der Waals surface area (Å²) < 4.78 is 6.34. The summed E-state index contributed by atoms with van der Waals surface area (Å²) in [5, 5.41) is 0.285. The van der Waals surface area contributed by atoms with Gasteiger partial charge in [0, 0.05) is 12.0 Å². The van der Waals surface area contributed by atoms with Gasteiger partial charge in [-0.25, -0.2) is 0 Å². The summed E-state index contributed by atoms with van der Waals surface area (Å²) in [6.45, 7) is 12.4. The van der Waals surface area contributed by atoms with Crippen molar-refractivity contribution in [3.05, 3.63) is 0 Å². The van der Waals surface area contributed by atoms with Crippen LogP contribution in [0.25, 0.3) is 0 Å². The molecule has 2 fully saturated rings. The number of aldehydes is 1. The molecule has 2 nitrogen and oxygen atoms in total. The second-order valence-electron chi connectivity index (χ2n) is 7.89. The highest BCUT2D eigenvalue weighted by atomic mass is 28.4. The predicted molar refractivity (Wildman–Crippen MR) is 77.1 cm³/mol. The largest absolute Gasteiger partial charge is 0.417 e. The first-order valence-electron chi connectivity index (χ1n) is 7.32. The van der Waals surface area contributed by atoms with Crippen LogP contribution in [-0.4, -0.2) is 21.2 Å². The summed E-state index contributed by atoms with van der Waals surface area (Å²) in [5.74, 6) is 1.27. The molecule has 3 unspecified atom stereocenters. The normalized spacial score (nSPS) is 36.1. The summed E-state index contributed by atoms with van der Waals surface area (Å²) in [7, 11) is -1.62. The average Bonchev–Trinajstić information content (AvgIpc) is 3.00. The van der Waals surface area contributed by atoms with E-state index in [0.717, 1.165) is 19.4 Å². The molecule has 18 heavy (non-hydrogen) atoms. The second-order valence-corrected chi connectivity index (χ2v) is 12.7. The Bertz CT molecular complexity index is 332. The Morgan fingerprint density at radius 3 is 2.61 bits per heavy atom. The molecule has 0 bridgehead atoms. The van der Waals surface area contributed by atoms with Crippen LogP contribution in [0.15, 0.2) is 0 Å². The molecule has 0 N–H and O–H groups in total. The SMILES string of the molecule is CC(C)(C)[Si](C)(C)OCC1CCCC2(C=O)CC12. The van der Waals surface area contributed by atoms with Crippen molar-refractivity contribution >= 4 is 14.6 Å². The van der Waals surface area contributed by atoms with Crippen LogP contribution in [0, 0.1) is 17.3 Å². The first kappa shape index (κ1) is 14.3. The van der Waals surface area contributed by atoms with Crippen LogP contribution in [0.2, 0.25) is 18.1 Å². The van der Waals surface area contributed by atoms with Crippen LogP contribution >= 0.6 is 0 Å².